The summed E-state index contributed by atoms with van der Waals surface area (Å²) in [6.07, 6.45) is -0.335. The van der Waals surface area contributed by atoms with Crippen LogP contribution in [-0.2, 0) is 22.7 Å². The van der Waals surface area contributed by atoms with Crippen LogP contribution in [0.2, 0.25) is 0 Å². The predicted molar refractivity (Wildman–Crippen MR) is 414 cm³/mol. The number of anilines is 6. The minimum atomic E-state index is -1.60. The fourth-order valence-corrected chi connectivity index (χ4v) is 14.8. The molecule has 2 aromatic heterocycles. The first-order valence-corrected chi connectivity index (χ1v) is 33.1. The summed E-state index contributed by atoms with van der Waals surface area (Å²) < 4.78 is 222. The van der Waals surface area contributed by atoms with Crippen molar-refractivity contribution in [3.05, 3.63) is 335 Å². The van der Waals surface area contributed by atoms with Gasteiger partial charge in [0, 0.05) is 78.9 Å². The molecule has 0 radical (unpaired) electrons. The SMILES string of the molecule is [2H]c1c([2H])c([2H])c2c(c1[2H])Cc1c-2c2c([2H])c([2H])c([2H])c([2H])c2n1-c1c([2H])c([2H])c2c(c1[2H])N(c1c(-c3ccccc3)cc(C(C)(C)C)cc1-c1ccccc1)c1cc(C(C)(C)C)cc3c1C2c1c([2H])c([2H])c(-n2c4c([2H])c([2H])c([2H])c([2H])c4c4c([2H])c([2H])c([2H])c([2H])c42)c([2H])c1N3c1c(-c2ccccc2)cc(C(C)(C)C)cc1-c1ccccc1. The highest BCUT2D eigenvalue weighted by atomic mass is 15.2. The molecule has 0 amide bonds. The smallest absolute Gasteiger partial charge is 0.0667 e. The monoisotopic (exact) mass is 1280 g/mol. The summed E-state index contributed by atoms with van der Waals surface area (Å²) in [5, 5.41) is -0.835. The summed E-state index contributed by atoms with van der Waals surface area (Å²) in [7, 11) is 0. The molecule has 4 nitrogen and oxygen atoms in total. The summed E-state index contributed by atoms with van der Waals surface area (Å²) >= 11 is 0. The Morgan fingerprint density at radius 3 is 1.12 bits per heavy atom. The van der Waals surface area contributed by atoms with Crippen LogP contribution in [0.3, 0.4) is 0 Å². The normalized spacial score (nSPS) is 17.1. The summed E-state index contributed by atoms with van der Waals surface area (Å²) in [5.41, 5.74) is 5.43. The zero-order valence-electron chi connectivity index (χ0n) is 77.6. The van der Waals surface area contributed by atoms with Crippen LogP contribution in [0.4, 0.5) is 34.1 Å². The molecule has 13 aromatic carbocycles. The van der Waals surface area contributed by atoms with E-state index in [1.807, 2.05) is 164 Å². The molecule has 474 valence electrons. The maximum Gasteiger partial charge on any atom is 0.0667 e. The van der Waals surface area contributed by atoms with Crippen LogP contribution >= 0.6 is 0 Å². The second-order valence-corrected chi connectivity index (χ2v) is 28.8. The van der Waals surface area contributed by atoms with Crippen LogP contribution in [0.15, 0.2) is 291 Å². The van der Waals surface area contributed by atoms with Crippen molar-refractivity contribution in [3.8, 4) is 67.0 Å². The number of rotatable bonds is 8. The average molecular weight is 1290 g/mol. The first-order chi connectivity index (χ1) is 56.7. The van der Waals surface area contributed by atoms with Crippen molar-refractivity contribution in [1.82, 2.24) is 9.13 Å². The van der Waals surface area contributed by atoms with E-state index in [1.165, 1.54) is 4.57 Å². The number of hydrogen-bond acceptors (Lipinski definition) is 2. The topological polar surface area (TPSA) is 16.3 Å². The molecule has 0 spiro atoms. The van der Waals surface area contributed by atoms with Gasteiger partial charge in [0.25, 0.3) is 0 Å². The lowest BCUT2D eigenvalue weighted by Crippen LogP contribution is -2.31. The van der Waals surface area contributed by atoms with E-state index >= 15 is 0 Å². The highest BCUT2D eigenvalue weighted by Gasteiger charge is 2.45. The lowest BCUT2D eigenvalue weighted by molar-refractivity contribution is 0.589. The number of nitrogens with zero attached hydrogens (tertiary/aromatic N) is 4. The lowest BCUT2D eigenvalue weighted by Gasteiger charge is -2.47. The van der Waals surface area contributed by atoms with Gasteiger partial charge in [-0.25, -0.2) is 0 Å². The summed E-state index contributed by atoms with van der Waals surface area (Å²) in [4.78, 5) is 3.86. The minimum absolute atomic E-state index is 0.0239. The van der Waals surface area contributed by atoms with E-state index < -0.39 is 172 Å². The van der Waals surface area contributed by atoms with Gasteiger partial charge in [0.1, 0.15) is 0 Å². The zero-order chi connectivity index (χ0) is 85.7. The van der Waals surface area contributed by atoms with Crippen molar-refractivity contribution in [3.63, 3.8) is 0 Å². The molecule has 0 N–H and O–H groups in total. The highest BCUT2D eigenvalue weighted by molar-refractivity contribution is 6.11. The zero-order valence-corrected chi connectivity index (χ0v) is 55.6. The van der Waals surface area contributed by atoms with Crippen LogP contribution in [0.1, 0.15) is 143 Å². The summed E-state index contributed by atoms with van der Waals surface area (Å²) in [6, 6.07) is 37.1. The molecule has 15 aromatic rings. The fourth-order valence-electron chi connectivity index (χ4n) is 14.8. The van der Waals surface area contributed by atoms with Gasteiger partial charge in [0.2, 0.25) is 0 Å². The first-order valence-electron chi connectivity index (χ1n) is 44.1. The van der Waals surface area contributed by atoms with Crippen molar-refractivity contribution in [2.24, 2.45) is 0 Å². The third kappa shape index (κ3) is 9.32. The van der Waals surface area contributed by atoms with Gasteiger partial charge in [-0.15, -0.1) is 0 Å². The van der Waals surface area contributed by atoms with Gasteiger partial charge >= 0.3 is 0 Å². The molecule has 0 bridgehead atoms. The van der Waals surface area contributed by atoms with Gasteiger partial charge in [0.15, 0.2) is 0 Å². The molecule has 98 heavy (non-hydrogen) atoms. The van der Waals surface area contributed by atoms with Gasteiger partial charge < -0.3 is 18.9 Å². The highest BCUT2D eigenvalue weighted by Crippen LogP contribution is 2.65. The average Bonchev–Trinajstić information content (AvgIpc) is 0.917. The molecule has 3 aliphatic rings. The van der Waals surface area contributed by atoms with Gasteiger partial charge in [-0.2, -0.15) is 0 Å². The largest absolute Gasteiger partial charge is 0.313 e. The van der Waals surface area contributed by atoms with Crippen molar-refractivity contribution >= 4 is 66.8 Å². The molecular weight excluding hydrogens is 1190 g/mol. The van der Waals surface area contributed by atoms with Gasteiger partial charge in [-0.05, 0) is 156 Å². The first kappa shape index (κ1) is 40.4. The summed E-state index contributed by atoms with van der Waals surface area (Å²) in [5.74, 6) is -1.60. The standard InChI is InChI=1S/C94H78N4/c1-92(2,3)64-51-75(59-30-14-10-15-31-59)90(76(52-64)60-32-16-11-17-33-60)97-82-57-67(95-79-43-27-24-40-70(79)71-41-25-28-44-80(71)95)46-48-73(82)88-74-49-47-68(96-81-45-29-26-42-72(81)87-69-39-23-22-38-63(69)50-84(87)96)58-83(74)98(86-56-66(94(7,8)9)55-85(97)89(86)88)91-77(61-34-18-12-19-35-61)53-65(93(4,5)6)54-78(91)62-36-20-13-21-37-62/h10-49,51-58,88H,50H2,1-9H3/i22D,23D,24D,25D,26D,27D,28D,29D,38D,39D,40D,41D,42D,43D,44D,45D,46D,47D,48D,49D,57D,58D. The van der Waals surface area contributed by atoms with E-state index in [2.05, 4.69) is 65.8 Å². The molecule has 0 fully saturated rings. The molecule has 1 atom stereocenters. The number of benzene rings is 13. The van der Waals surface area contributed by atoms with Crippen LogP contribution in [0, 0.1) is 0 Å². The quantitative estimate of drug-likeness (QED) is 0.151. The maximum absolute atomic E-state index is 11.8. The van der Waals surface area contributed by atoms with Gasteiger partial charge in [-0.3, -0.25) is 0 Å². The Morgan fingerprint density at radius 1 is 0.347 bits per heavy atom. The third-order valence-electron chi connectivity index (χ3n) is 19.7. The molecule has 4 heteroatoms. The lowest BCUT2D eigenvalue weighted by atomic mass is 9.73. The van der Waals surface area contributed by atoms with E-state index in [9.17, 15) is 24.7 Å². The number of aromatic nitrogens is 2. The van der Waals surface area contributed by atoms with E-state index in [4.69, 9.17) is 5.48 Å². The molecule has 4 heterocycles. The van der Waals surface area contributed by atoms with E-state index in [1.54, 1.807) is 0 Å². The van der Waals surface area contributed by atoms with E-state index in [-0.39, 0.29) is 78.7 Å². The summed E-state index contributed by atoms with van der Waals surface area (Å²) in [6.45, 7) is 18.8. The maximum atomic E-state index is 11.8. The van der Waals surface area contributed by atoms with Crippen molar-refractivity contribution in [1.29, 1.82) is 0 Å². The number of fused-ring (bicyclic) bond motifs is 12. The molecule has 18 rings (SSSR count). The minimum Gasteiger partial charge on any atom is -0.313 e. The van der Waals surface area contributed by atoms with Crippen LogP contribution in [0.5, 0.6) is 0 Å². The van der Waals surface area contributed by atoms with Gasteiger partial charge in [-0.1, -0.05) is 274 Å². The Morgan fingerprint density at radius 2 is 0.704 bits per heavy atom. The Labute approximate surface area is 606 Å². The second kappa shape index (κ2) is 22.2. The van der Waals surface area contributed by atoms with Crippen molar-refractivity contribution in [2.45, 2.75) is 90.9 Å². The molecule has 0 saturated heterocycles. The van der Waals surface area contributed by atoms with Crippen molar-refractivity contribution in [2.75, 3.05) is 9.80 Å². The number of para-hydroxylation sites is 3. The molecule has 2 aliphatic heterocycles. The number of hydrogen-bond donors (Lipinski definition) is 0. The Bertz CT molecular complexity index is 6880. The van der Waals surface area contributed by atoms with E-state index in [0.29, 0.717) is 78.4 Å². The Balaban J connectivity index is 1.12. The molecular formula is C94H78N4. The van der Waals surface area contributed by atoms with E-state index in [0.717, 1.165) is 15.7 Å². The van der Waals surface area contributed by atoms with Crippen molar-refractivity contribution < 1.29 is 30.2 Å². The molecule has 1 aliphatic carbocycles. The Hall–Kier alpha value is -11.2. The molecule has 1 unspecified atom stereocenters. The van der Waals surface area contributed by atoms with Crippen LogP contribution in [-0.4, -0.2) is 9.13 Å². The van der Waals surface area contributed by atoms with Crippen LogP contribution in [0.25, 0.3) is 99.7 Å². The van der Waals surface area contributed by atoms with Gasteiger partial charge in [0.05, 0.1) is 80.8 Å². The predicted octanol–water partition coefficient (Wildman–Crippen LogP) is 25.6. The molecule has 0 saturated carbocycles. The third-order valence-corrected chi connectivity index (χ3v) is 19.7. The fraction of sp³-hybridized carbons (Fsp3) is 0.149. The van der Waals surface area contributed by atoms with Crippen LogP contribution < -0.4 is 9.80 Å². The second-order valence-electron chi connectivity index (χ2n) is 28.8. The Kier molecular flexibility index (Phi) is 9.14.